The van der Waals surface area contributed by atoms with Crippen molar-refractivity contribution in [1.29, 1.82) is 0 Å². The van der Waals surface area contributed by atoms with E-state index in [0.717, 1.165) is 24.1 Å². The van der Waals surface area contributed by atoms with E-state index in [4.69, 9.17) is 0 Å². The standard InChI is InChI=1S/C13H17NO/c1-3-5-13-9-8-12(10-14-13)7-4-6-11(2)15/h4,7-10H,3,5-6H2,1-2H3/b7-4+. The van der Waals surface area contributed by atoms with Crippen LogP contribution < -0.4 is 0 Å². The molecule has 0 saturated heterocycles. The van der Waals surface area contributed by atoms with Crippen molar-refractivity contribution in [3.63, 3.8) is 0 Å². The van der Waals surface area contributed by atoms with E-state index in [0.29, 0.717) is 6.42 Å². The number of hydrogen-bond acceptors (Lipinski definition) is 2. The van der Waals surface area contributed by atoms with Crippen LogP contribution in [0.2, 0.25) is 0 Å². The number of ketones is 1. The zero-order valence-electron chi connectivity index (χ0n) is 9.36. The first-order valence-electron chi connectivity index (χ1n) is 5.33. The molecule has 0 aromatic carbocycles. The minimum Gasteiger partial charge on any atom is -0.300 e. The molecule has 2 heteroatoms. The van der Waals surface area contributed by atoms with Gasteiger partial charge in [-0.2, -0.15) is 0 Å². The third-order valence-electron chi connectivity index (χ3n) is 2.07. The Kier molecular flexibility index (Phi) is 4.75. The molecule has 0 aliphatic carbocycles. The number of aromatic nitrogens is 1. The molecule has 0 bridgehead atoms. The molecular formula is C13H17NO. The Morgan fingerprint density at radius 3 is 2.80 bits per heavy atom. The van der Waals surface area contributed by atoms with Gasteiger partial charge in [-0.25, -0.2) is 0 Å². The van der Waals surface area contributed by atoms with Crippen molar-refractivity contribution in [1.82, 2.24) is 4.98 Å². The van der Waals surface area contributed by atoms with Crippen LogP contribution in [0.5, 0.6) is 0 Å². The summed E-state index contributed by atoms with van der Waals surface area (Å²) in [6, 6.07) is 4.07. The van der Waals surface area contributed by atoms with Gasteiger partial charge >= 0.3 is 0 Å². The summed E-state index contributed by atoms with van der Waals surface area (Å²) in [6.07, 6.45) is 8.30. The third-order valence-corrected chi connectivity index (χ3v) is 2.07. The zero-order chi connectivity index (χ0) is 11.1. The first-order valence-corrected chi connectivity index (χ1v) is 5.33. The zero-order valence-corrected chi connectivity index (χ0v) is 9.36. The summed E-state index contributed by atoms with van der Waals surface area (Å²) in [6.45, 7) is 3.73. The smallest absolute Gasteiger partial charge is 0.133 e. The Bertz CT molecular complexity index is 338. The number of pyridine rings is 1. The fourth-order valence-corrected chi connectivity index (χ4v) is 1.30. The van der Waals surface area contributed by atoms with Gasteiger partial charge in [-0.15, -0.1) is 0 Å². The van der Waals surface area contributed by atoms with Crippen molar-refractivity contribution >= 4 is 11.9 Å². The lowest BCUT2D eigenvalue weighted by Crippen LogP contribution is -1.88. The fraction of sp³-hybridized carbons (Fsp3) is 0.385. The van der Waals surface area contributed by atoms with Gasteiger partial charge in [0.05, 0.1) is 0 Å². The molecule has 0 N–H and O–H groups in total. The largest absolute Gasteiger partial charge is 0.300 e. The monoisotopic (exact) mass is 203 g/mol. The number of Topliss-reactive ketones (excluding diaryl/α,β-unsaturated/α-hetero) is 1. The predicted octanol–water partition coefficient (Wildman–Crippen LogP) is 3.03. The van der Waals surface area contributed by atoms with Crippen molar-refractivity contribution in [2.24, 2.45) is 0 Å². The van der Waals surface area contributed by atoms with Crippen LogP contribution >= 0.6 is 0 Å². The molecule has 80 valence electrons. The van der Waals surface area contributed by atoms with Crippen LogP contribution in [0, 0.1) is 0 Å². The molecule has 0 unspecified atom stereocenters. The number of carbonyl (C=O) groups is 1. The van der Waals surface area contributed by atoms with Crippen LogP contribution in [0.4, 0.5) is 0 Å². The molecule has 1 aromatic rings. The number of allylic oxidation sites excluding steroid dienone is 1. The molecule has 1 aromatic heterocycles. The quantitative estimate of drug-likeness (QED) is 0.736. The lowest BCUT2D eigenvalue weighted by Gasteiger charge is -1.97. The Hall–Kier alpha value is -1.44. The van der Waals surface area contributed by atoms with Crippen LogP contribution in [0.15, 0.2) is 24.4 Å². The molecule has 0 saturated carbocycles. The molecule has 0 radical (unpaired) electrons. The summed E-state index contributed by atoms with van der Waals surface area (Å²) >= 11 is 0. The first kappa shape index (κ1) is 11.6. The fourth-order valence-electron chi connectivity index (χ4n) is 1.30. The number of carbonyl (C=O) groups excluding carboxylic acids is 1. The normalized spacial score (nSPS) is 10.8. The molecule has 0 aliphatic rings. The van der Waals surface area contributed by atoms with Gasteiger partial charge in [0.25, 0.3) is 0 Å². The van der Waals surface area contributed by atoms with Gasteiger partial charge < -0.3 is 0 Å². The Morgan fingerprint density at radius 1 is 1.47 bits per heavy atom. The van der Waals surface area contributed by atoms with Gasteiger partial charge in [-0.05, 0) is 25.0 Å². The van der Waals surface area contributed by atoms with Crippen LogP contribution in [-0.4, -0.2) is 10.8 Å². The molecule has 0 aliphatic heterocycles. The Morgan fingerprint density at radius 2 is 2.27 bits per heavy atom. The van der Waals surface area contributed by atoms with Crippen molar-refractivity contribution in [2.75, 3.05) is 0 Å². The average molecular weight is 203 g/mol. The van der Waals surface area contributed by atoms with E-state index in [2.05, 4.69) is 11.9 Å². The average Bonchev–Trinajstić information content (AvgIpc) is 2.20. The second-order valence-electron chi connectivity index (χ2n) is 3.64. The first-order chi connectivity index (χ1) is 7.22. The second kappa shape index (κ2) is 6.12. The highest BCUT2D eigenvalue weighted by Gasteiger charge is 1.92. The number of nitrogens with zero attached hydrogens (tertiary/aromatic N) is 1. The van der Waals surface area contributed by atoms with Crippen LogP contribution in [-0.2, 0) is 11.2 Å². The minimum atomic E-state index is 0.182. The minimum absolute atomic E-state index is 0.182. The van der Waals surface area contributed by atoms with E-state index >= 15 is 0 Å². The summed E-state index contributed by atoms with van der Waals surface area (Å²) in [5.74, 6) is 0.182. The molecule has 0 spiro atoms. The van der Waals surface area contributed by atoms with Gasteiger partial charge in [0.1, 0.15) is 5.78 Å². The molecule has 0 amide bonds. The van der Waals surface area contributed by atoms with Crippen molar-refractivity contribution in [3.05, 3.63) is 35.7 Å². The highest BCUT2D eigenvalue weighted by atomic mass is 16.1. The summed E-state index contributed by atoms with van der Waals surface area (Å²) in [5, 5.41) is 0. The SMILES string of the molecule is CCCc1ccc(/C=C/CC(C)=O)cn1. The van der Waals surface area contributed by atoms with Crippen molar-refractivity contribution < 1.29 is 4.79 Å². The van der Waals surface area contributed by atoms with Crippen LogP contribution in [0.1, 0.15) is 37.9 Å². The molecule has 1 rings (SSSR count). The maximum absolute atomic E-state index is 10.7. The lowest BCUT2D eigenvalue weighted by molar-refractivity contribution is -0.116. The third kappa shape index (κ3) is 4.54. The van der Waals surface area contributed by atoms with E-state index in [9.17, 15) is 4.79 Å². The Labute approximate surface area is 91.0 Å². The second-order valence-corrected chi connectivity index (χ2v) is 3.64. The van der Waals surface area contributed by atoms with Gasteiger partial charge in [0, 0.05) is 18.3 Å². The molecule has 0 fully saturated rings. The maximum Gasteiger partial charge on any atom is 0.133 e. The van der Waals surface area contributed by atoms with Crippen LogP contribution in [0.25, 0.3) is 6.08 Å². The highest BCUT2D eigenvalue weighted by Crippen LogP contribution is 2.05. The maximum atomic E-state index is 10.7. The molecule has 15 heavy (non-hydrogen) atoms. The van der Waals surface area contributed by atoms with Crippen LogP contribution in [0.3, 0.4) is 0 Å². The topological polar surface area (TPSA) is 30.0 Å². The Balaban J connectivity index is 2.56. The van der Waals surface area contributed by atoms with Gasteiger partial charge in [0.15, 0.2) is 0 Å². The van der Waals surface area contributed by atoms with E-state index in [1.165, 1.54) is 0 Å². The number of aryl methyl sites for hydroxylation is 1. The van der Waals surface area contributed by atoms with Crippen molar-refractivity contribution in [3.8, 4) is 0 Å². The van der Waals surface area contributed by atoms with Gasteiger partial charge in [0.2, 0.25) is 0 Å². The summed E-state index contributed by atoms with van der Waals surface area (Å²) in [5.41, 5.74) is 2.18. The lowest BCUT2D eigenvalue weighted by atomic mass is 10.2. The highest BCUT2D eigenvalue weighted by molar-refractivity contribution is 5.78. The van der Waals surface area contributed by atoms with E-state index in [1.54, 1.807) is 6.92 Å². The molecular weight excluding hydrogens is 186 g/mol. The number of hydrogen-bond donors (Lipinski definition) is 0. The van der Waals surface area contributed by atoms with E-state index < -0.39 is 0 Å². The number of rotatable bonds is 5. The summed E-state index contributed by atoms with van der Waals surface area (Å²) in [4.78, 5) is 15.0. The van der Waals surface area contributed by atoms with Crippen molar-refractivity contribution in [2.45, 2.75) is 33.1 Å². The molecule has 1 heterocycles. The summed E-state index contributed by atoms with van der Waals surface area (Å²) < 4.78 is 0. The van der Waals surface area contributed by atoms with Gasteiger partial charge in [-0.3, -0.25) is 9.78 Å². The van der Waals surface area contributed by atoms with E-state index in [1.807, 2.05) is 30.5 Å². The molecule has 0 atom stereocenters. The predicted molar refractivity (Wildman–Crippen MR) is 62.6 cm³/mol. The van der Waals surface area contributed by atoms with E-state index in [-0.39, 0.29) is 5.78 Å². The van der Waals surface area contributed by atoms with Gasteiger partial charge in [-0.1, -0.05) is 31.6 Å². The molecule has 2 nitrogen and oxygen atoms in total. The summed E-state index contributed by atoms with van der Waals surface area (Å²) in [7, 11) is 0.